The van der Waals surface area contributed by atoms with E-state index in [0.717, 1.165) is 6.04 Å². The lowest BCUT2D eigenvalue weighted by molar-refractivity contribution is 0.0798. The average molecular weight is 413 g/mol. The lowest BCUT2D eigenvalue weighted by Crippen LogP contribution is -2.22. The van der Waals surface area contributed by atoms with Crippen molar-refractivity contribution in [1.29, 1.82) is 0 Å². The molecule has 2 aromatic heterocycles. The molecule has 2 aromatic rings. The average Bonchev–Trinajstić information content (AvgIpc) is 2.79. The highest BCUT2D eigenvalue weighted by Gasteiger charge is 2.21. The van der Waals surface area contributed by atoms with Gasteiger partial charge in [0.15, 0.2) is 0 Å². The molecule has 3 N–H and O–H groups in total. The number of aromatic nitrogens is 4. The number of primary amides is 1. The number of ether oxygens (including phenoxy) is 1. The van der Waals surface area contributed by atoms with Crippen LogP contribution in [0.5, 0.6) is 0 Å². The Hall–Kier alpha value is -1.78. The van der Waals surface area contributed by atoms with Crippen LogP contribution in [0.25, 0.3) is 0 Å². The molecule has 8 nitrogen and oxygen atoms in total. The summed E-state index contributed by atoms with van der Waals surface area (Å²) in [4.78, 5) is 19.9. The third-order valence-electron chi connectivity index (χ3n) is 3.18. The molecule has 0 atom stereocenters. The summed E-state index contributed by atoms with van der Waals surface area (Å²) >= 11 is 3.27. The second-order valence-electron chi connectivity index (χ2n) is 6.44. The second-order valence-corrected chi connectivity index (χ2v) is 12.8. The molecule has 0 saturated heterocycles. The maximum atomic E-state index is 11.7. The van der Waals surface area contributed by atoms with Crippen LogP contribution in [0.2, 0.25) is 25.7 Å². The van der Waals surface area contributed by atoms with Gasteiger partial charge in [-0.25, -0.2) is 9.67 Å². The molecule has 0 aliphatic heterocycles. The van der Waals surface area contributed by atoms with E-state index in [4.69, 9.17) is 10.5 Å². The monoisotopic (exact) mass is 412 g/mol. The third kappa shape index (κ3) is 5.11. The molecule has 0 unspecified atom stereocenters. The number of nitrogens with two attached hydrogens (primary N) is 1. The first kappa shape index (κ1) is 18.6. The molecule has 10 heteroatoms. The third-order valence-corrected chi connectivity index (χ3v) is 5.43. The van der Waals surface area contributed by atoms with Crippen LogP contribution < -0.4 is 11.1 Å². The predicted octanol–water partition coefficient (Wildman–Crippen LogP) is 2.59. The van der Waals surface area contributed by atoms with Gasteiger partial charge in [-0.1, -0.05) is 19.6 Å². The van der Waals surface area contributed by atoms with Crippen LogP contribution in [-0.4, -0.2) is 40.3 Å². The van der Waals surface area contributed by atoms with Crippen molar-refractivity contribution >= 4 is 41.5 Å². The fraction of sp³-hybridized carbons (Fsp3) is 0.429. The van der Waals surface area contributed by atoms with Gasteiger partial charge >= 0.3 is 0 Å². The van der Waals surface area contributed by atoms with E-state index in [2.05, 4.69) is 56.0 Å². The Bertz CT molecular complexity index is 701. The molecule has 2 rings (SSSR count). The summed E-state index contributed by atoms with van der Waals surface area (Å²) in [5, 5.41) is 7.30. The van der Waals surface area contributed by atoms with Gasteiger partial charge in [0.05, 0.1) is 6.20 Å². The Kier molecular flexibility index (Phi) is 6.08. The predicted molar refractivity (Wildman–Crippen MR) is 97.9 cm³/mol. The number of halogens is 1. The van der Waals surface area contributed by atoms with Crippen molar-refractivity contribution in [2.75, 3.05) is 11.9 Å². The van der Waals surface area contributed by atoms with E-state index < -0.39 is 14.0 Å². The van der Waals surface area contributed by atoms with Crippen LogP contribution in [0.3, 0.4) is 0 Å². The lowest BCUT2D eigenvalue weighted by Gasteiger charge is -2.16. The maximum Gasteiger partial charge on any atom is 0.255 e. The van der Waals surface area contributed by atoms with Gasteiger partial charge in [-0.3, -0.25) is 9.78 Å². The first-order chi connectivity index (χ1) is 11.3. The Morgan fingerprint density at radius 2 is 2.17 bits per heavy atom. The minimum atomic E-state index is -1.17. The standard InChI is InChI=1S/C14H21BrN6O2Si/c1-24(2,3)7-6-23-9-21-14(11(13(16)22)12(15)20-21)19-10-8-17-4-5-18-10/h4-5,8H,6-7,9H2,1-3H3,(H2,16,22)(H,18,19). The van der Waals surface area contributed by atoms with Gasteiger partial charge in [-0.15, -0.1) is 0 Å². The quantitative estimate of drug-likeness (QED) is 0.509. The Morgan fingerprint density at radius 1 is 1.42 bits per heavy atom. The van der Waals surface area contributed by atoms with E-state index in [1.807, 2.05) is 0 Å². The first-order valence-electron chi connectivity index (χ1n) is 7.45. The minimum Gasteiger partial charge on any atom is -0.365 e. The van der Waals surface area contributed by atoms with Gasteiger partial charge in [-0.05, 0) is 22.0 Å². The molecule has 0 saturated carbocycles. The summed E-state index contributed by atoms with van der Waals surface area (Å²) in [6, 6.07) is 1.05. The van der Waals surface area contributed by atoms with Gasteiger partial charge in [0.2, 0.25) is 0 Å². The normalized spacial score (nSPS) is 11.5. The molecule has 0 spiro atoms. The summed E-state index contributed by atoms with van der Waals surface area (Å²) in [5.74, 6) is 0.306. The number of hydrogen-bond donors (Lipinski definition) is 2. The van der Waals surface area contributed by atoms with Crippen LogP contribution in [-0.2, 0) is 11.5 Å². The van der Waals surface area contributed by atoms with Crippen molar-refractivity contribution in [2.24, 2.45) is 5.73 Å². The smallest absolute Gasteiger partial charge is 0.255 e. The molecule has 0 bridgehead atoms. The van der Waals surface area contributed by atoms with Crippen LogP contribution in [0.4, 0.5) is 11.6 Å². The first-order valence-corrected chi connectivity index (χ1v) is 11.9. The number of carbonyl (C=O) groups excluding carboxylic acids is 1. The van der Waals surface area contributed by atoms with Crippen LogP contribution in [0.15, 0.2) is 23.2 Å². The van der Waals surface area contributed by atoms with Gasteiger partial charge in [0, 0.05) is 27.1 Å². The zero-order valence-electron chi connectivity index (χ0n) is 13.9. The van der Waals surface area contributed by atoms with Crippen molar-refractivity contribution in [2.45, 2.75) is 32.4 Å². The summed E-state index contributed by atoms with van der Waals surface area (Å²) in [7, 11) is -1.17. The van der Waals surface area contributed by atoms with Crippen LogP contribution >= 0.6 is 15.9 Å². The maximum absolute atomic E-state index is 11.7. The zero-order chi connectivity index (χ0) is 17.7. The van der Waals surface area contributed by atoms with Crippen molar-refractivity contribution in [1.82, 2.24) is 19.7 Å². The van der Waals surface area contributed by atoms with Crippen LogP contribution in [0.1, 0.15) is 10.4 Å². The number of nitrogens with one attached hydrogen (secondary N) is 1. The number of hydrogen-bond acceptors (Lipinski definition) is 6. The molecule has 2 heterocycles. The highest BCUT2D eigenvalue weighted by atomic mass is 79.9. The van der Waals surface area contributed by atoms with Crippen molar-refractivity contribution in [3.63, 3.8) is 0 Å². The van der Waals surface area contributed by atoms with E-state index in [9.17, 15) is 4.79 Å². The van der Waals surface area contributed by atoms with Crippen molar-refractivity contribution < 1.29 is 9.53 Å². The minimum absolute atomic E-state index is 0.207. The van der Waals surface area contributed by atoms with E-state index >= 15 is 0 Å². The fourth-order valence-electron chi connectivity index (χ4n) is 1.89. The fourth-order valence-corrected chi connectivity index (χ4v) is 3.22. The highest BCUT2D eigenvalue weighted by Crippen LogP contribution is 2.26. The largest absolute Gasteiger partial charge is 0.365 e. The molecule has 130 valence electrons. The Balaban J connectivity index is 2.18. The van der Waals surface area contributed by atoms with E-state index in [1.54, 1.807) is 23.3 Å². The Morgan fingerprint density at radius 3 is 2.75 bits per heavy atom. The summed E-state index contributed by atoms with van der Waals surface area (Å²) in [6.45, 7) is 7.70. The topological polar surface area (TPSA) is 108 Å². The van der Waals surface area contributed by atoms with E-state index in [1.165, 1.54) is 0 Å². The molecule has 0 radical (unpaired) electrons. The summed E-state index contributed by atoms with van der Waals surface area (Å²) in [6.07, 6.45) is 4.65. The van der Waals surface area contributed by atoms with Crippen LogP contribution in [0, 0.1) is 0 Å². The molecular formula is C14H21BrN6O2Si. The number of nitrogens with zero attached hydrogens (tertiary/aromatic N) is 4. The highest BCUT2D eigenvalue weighted by molar-refractivity contribution is 9.10. The summed E-state index contributed by atoms with van der Waals surface area (Å²) in [5.41, 5.74) is 5.71. The number of amides is 1. The van der Waals surface area contributed by atoms with Crippen molar-refractivity contribution in [3.05, 3.63) is 28.8 Å². The molecule has 0 fully saturated rings. The van der Waals surface area contributed by atoms with Gasteiger partial charge < -0.3 is 15.8 Å². The van der Waals surface area contributed by atoms with Gasteiger partial charge in [-0.2, -0.15) is 5.10 Å². The second kappa shape index (κ2) is 7.86. The zero-order valence-corrected chi connectivity index (χ0v) is 16.5. The molecule has 0 aliphatic carbocycles. The Labute approximate surface area is 150 Å². The van der Waals surface area contributed by atoms with Gasteiger partial charge in [0.25, 0.3) is 5.91 Å². The number of carbonyl (C=O) groups is 1. The lowest BCUT2D eigenvalue weighted by atomic mass is 10.3. The number of anilines is 2. The van der Waals surface area contributed by atoms with Gasteiger partial charge in [0.1, 0.15) is 28.5 Å². The molecule has 1 amide bonds. The number of rotatable bonds is 8. The molecular weight excluding hydrogens is 392 g/mol. The molecule has 0 aliphatic rings. The van der Waals surface area contributed by atoms with Crippen molar-refractivity contribution in [3.8, 4) is 0 Å². The molecule has 0 aromatic carbocycles. The SMILES string of the molecule is C[Si](C)(C)CCOCn1nc(Br)c(C(N)=O)c1Nc1cnccn1. The summed E-state index contributed by atoms with van der Waals surface area (Å²) < 4.78 is 7.61. The molecule has 24 heavy (non-hydrogen) atoms. The van der Waals surface area contributed by atoms with E-state index in [-0.39, 0.29) is 12.3 Å². The van der Waals surface area contributed by atoms with E-state index in [0.29, 0.717) is 22.8 Å².